The molecule has 0 heterocycles. The molecule has 0 saturated heterocycles. The van der Waals surface area contributed by atoms with Crippen molar-refractivity contribution in [2.24, 2.45) is 5.73 Å². The first-order chi connectivity index (χ1) is 9.02. The summed E-state index contributed by atoms with van der Waals surface area (Å²) in [6, 6.07) is 6.68. The van der Waals surface area contributed by atoms with E-state index in [2.05, 4.69) is 5.32 Å². The summed E-state index contributed by atoms with van der Waals surface area (Å²) < 4.78 is 0. The molecule has 6 nitrogen and oxygen atoms in total. The molecule has 3 amide bonds. The molecule has 0 aliphatic heterocycles. The molecule has 104 valence electrons. The Morgan fingerprint density at radius 1 is 1.32 bits per heavy atom. The summed E-state index contributed by atoms with van der Waals surface area (Å²) in [5.74, 6) is -0.407. The number of imide groups is 1. The predicted octanol–water partition coefficient (Wildman–Crippen LogP) is 0.676. The van der Waals surface area contributed by atoms with Crippen molar-refractivity contribution in [1.29, 1.82) is 0 Å². The smallest absolute Gasteiger partial charge is 0.318 e. The molecule has 19 heavy (non-hydrogen) atoms. The van der Waals surface area contributed by atoms with Crippen LogP contribution < -0.4 is 16.8 Å². The number of anilines is 1. The number of carbonyl (C=O) groups excluding carboxylic acids is 2. The van der Waals surface area contributed by atoms with E-state index >= 15 is 0 Å². The summed E-state index contributed by atoms with van der Waals surface area (Å²) in [4.78, 5) is 24.1. The Balaban J connectivity index is 2.65. The Labute approximate surface area is 112 Å². The Bertz CT molecular complexity index is 448. The van der Waals surface area contributed by atoms with Crippen LogP contribution in [0.15, 0.2) is 24.3 Å². The molecule has 5 N–H and O–H groups in total. The molecule has 0 bridgehead atoms. The molecule has 1 aromatic carbocycles. The van der Waals surface area contributed by atoms with Gasteiger partial charge in [-0.05, 0) is 24.6 Å². The van der Waals surface area contributed by atoms with Crippen LogP contribution in [0, 0.1) is 0 Å². The third-order valence-electron chi connectivity index (χ3n) is 2.62. The lowest BCUT2D eigenvalue weighted by Crippen LogP contribution is -2.42. The number of nitrogens with zero attached hydrogens (tertiary/aromatic N) is 1. The van der Waals surface area contributed by atoms with Crippen LogP contribution in [0.4, 0.5) is 10.5 Å². The number of carbonyl (C=O) groups is 2. The topological polar surface area (TPSA) is 101 Å². The largest absolute Gasteiger partial charge is 0.398 e. The number of rotatable bonds is 6. The van der Waals surface area contributed by atoms with E-state index in [1.54, 1.807) is 0 Å². The Morgan fingerprint density at radius 2 is 2.00 bits per heavy atom. The van der Waals surface area contributed by atoms with Gasteiger partial charge < -0.3 is 11.5 Å². The SMILES string of the molecule is CCCN(CC(=O)NC(N)=O)Cc1ccccc1N. The standard InChI is InChI=1S/C13H20N4O2/c1-2-7-17(9-12(18)16-13(15)19)8-10-5-3-4-6-11(10)14/h3-6H,2,7-9,14H2,1H3,(H3,15,16,18,19). The minimum Gasteiger partial charge on any atom is -0.398 e. The minimum absolute atomic E-state index is 0.116. The first-order valence-electron chi connectivity index (χ1n) is 6.18. The highest BCUT2D eigenvalue weighted by molar-refractivity contribution is 5.94. The fraction of sp³-hybridized carbons (Fsp3) is 0.385. The van der Waals surface area contributed by atoms with Crippen molar-refractivity contribution in [1.82, 2.24) is 10.2 Å². The maximum absolute atomic E-state index is 11.5. The number of para-hydroxylation sites is 1. The van der Waals surface area contributed by atoms with Gasteiger partial charge in [-0.3, -0.25) is 15.0 Å². The van der Waals surface area contributed by atoms with Crippen LogP contribution in [0.25, 0.3) is 0 Å². The third-order valence-corrected chi connectivity index (χ3v) is 2.62. The summed E-state index contributed by atoms with van der Waals surface area (Å²) in [6.45, 7) is 3.44. The number of nitrogens with two attached hydrogens (primary N) is 2. The molecule has 0 aliphatic carbocycles. The quantitative estimate of drug-likeness (QED) is 0.657. The number of hydrogen-bond acceptors (Lipinski definition) is 4. The van der Waals surface area contributed by atoms with Crippen LogP contribution in [0.5, 0.6) is 0 Å². The number of benzene rings is 1. The minimum atomic E-state index is -0.833. The highest BCUT2D eigenvalue weighted by Gasteiger charge is 2.12. The van der Waals surface area contributed by atoms with E-state index in [-0.39, 0.29) is 6.54 Å². The lowest BCUT2D eigenvalue weighted by Gasteiger charge is -2.21. The number of nitrogens with one attached hydrogen (secondary N) is 1. The summed E-state index contributed by atoms with van der Waals surface area (Å²) in [5.41, 5.74) is 12.4. The average Bonchev–Trinajstić information content (AvgIpc) is 2.31. The van der Waals surface area contributed by atoms with Crippen molar-refractivity contribution in [3.8, 4) is 0 Å². The van der Waals surface area contributed by atoms with Gasteiger partial charge in [0.2, 0.25) is 5.91 Å². The van der Waals surface area contributed by atoms with Gasteiger partial charge in [0.15, 0.2) is 0 Å². The normalized spacial score (nSPS) is 10.4. The van der Waals surface area contributed by atoms with E-state index < -0.39 is 11.9 Å². The first kappa shape index (κ1) is 15.0. The van der Waals surface area contributed by atoms with Gasteiger partial charge in [-0.15, -0.1) is 0 Å². The molecular weight excluding hydrogens is 244 g/mol. The highest BCUT2D eigenvalue weighted by Crippen LogP contribution is 2.13. The van der Waals surface area contributed by atoms with Gasteiger partial charge in [0.05, 0.1) is 6.54 Å². The molecule has 0 aliphatic rings. The van der Waals surface area contributed by atoms with Gasteiger partial charge in [-0.1, -0.05) is 25.1 Å². The first-order valence-corrected chi connectivity index (χ1v) is 6.18. The van der Waals surface area contributed by atoms with Crippen molar-refractivity contribution in [3.63, 3.8) is 0 Å². The van der Waals surface area contributed by atoms with E-state index in [9.17, 15) is 9.59 Å². The molecule has 0 radical (unpaired) electrons. The molecule has 6 heteroatoms. The average molecular weight is 264 g/mol. The summed E-state index contributed by atoms with van der Waals surface area (Å²) in [7, 11) is 0. The van der Waals surface area contributed by atoms with Crippen molar-refractivity contribution in [2.75, 3.05) is 18.8 Å². The van der Waals surface area contributed by atoms with Gasteiger partial charge in [0.25, 0.3) is 0 Å². The number of hydrogen-bond donors (Lipinski definition) is 3. The summed E-state index contributed by atoms with van der Waals surface area (Å²) in [5, 5.41) is 2.06. The maximum Gasteiger partial charge on any atom is 0.318 e. The second-order valence-electron chi connectivity index (χ2n) is 4.32. The van der Waals surface area contributed by atoms with Gasteiger partial charge >= 0.3 is 6.03 Å². The number of nitrogen functional groups attached to an aromatic ring is 1. The molecule has 0 saturated carbocycles. The summed E-state index contributed by atoms with van der Waals surface area (Å²) >= 11 is 0. The third kappa shape index (κ3) is 5.39. The highest BCUT2D eigenvalue weighted by atomic mass is 16.2. The summed E-state index contributed by atoms with van der Waals surface area (Å²) in [6.07, 6.45) is 0.899. The second-order valence-corrected chi connectivity index (χ2v) is 4.32. The fourth-order valence-electron chi connectivity index (χ4n) is 1.83. The monoisotopic (exact) mass is 264 g/mol. The molecule has 0 atom stereocenters. The van der Waals surface area contributed by atoms with E-state index in [0.717, 1.165) is 18.5 Å². The van der Waals surface area contributed by atoms with Crippen LogP contribution >= 0.6 is 0 Å². The Morgan fingerprint density at radius 3 is 2.58 bits per heavy atom. The van der Waals surface area contributed by atoms with Crippen molar-refractivity contribution in [2.45, 2.75) is 19.9 Å². The van der Waals surface area contributed by atoms with Crippen LogP contribution in [0.3, 0.4) is 0 Å². The van der Waals surface area contributed by atoms with Crippen molar-refractivity contribution >= 4 is 17.6 Å². The lowest BCUT2D eigenvalue weighted by molar-refractivity contribution is -0.121. The molecule has 0 unspecified atom stereocenters. The van der Waals surface area contributed by atoms with Crippen molar-refractivity contribution < 1.29 is 9.59 Å². The second kappa shape index (κ2) is 7.38. The maximum atomic E-state index is 11.5. The van der Waals surface area contributed by atoms with Crippen LogP contribution in [-0.2, 0) is 11.3 Å². The Kier molecular flexibility index (Phi) is 5.81. The Hall–Kier alpha value is -2.08. The molecule has 1 rings (SSSR count). The van der Waals surface area contributed by atoms with E-state index in [0.29, 0.717) is 12.2 Å². The lowest BCUT2D eigenvalue weighted by atomic mass is 10.1. The molecule has 0 aromatic heterocycles. The number of urea groups is 1. The predicted molar refractivity (Wildman–Crippen MR) is 74.1 cm³/mol. The van der Waals surface area contributed by atoms with E-state index in [4.69, 9.17) is 11.5 Å². The zero-order chi connectivity index (χ0) is 14.3. The van der Waals surface area contributed by atoms with Crippen molar-refractivity contribution in [3.05, 3.63) is 29.8 Å². The van der Waals surface area contributed by atoms with E-state index in [1.165, 1.54) is 0 Å². The molecule has 1 aromatic rings. The van der Waals surface area contributed by atoms with Crippen LogP contribution in [0.1, 0.15) is 18.9 Å². The molecule has 0 fully saturated rings. The fourth-order valence-corrected chi connectivity index (χ4v) is 1.83. The zero-order valence-electron chi connectivity index (χ0n) is 11.1. The number of primary amides is 1. The number of amides is 3. The molecular formula is C13H20N4O2. The zero-order valence-corrected chi connectivity index (χ0v) is 11.1. The van der Waals surface area contributed by atoms with Crippen LogP contribution in [-0.4, -0.2) is 29.9 Å². The van der Waals surface area contributed by atoms with Gasteiger partial charge in [-0.2, -0.15) is 0 Å². The molecule has 0 spiro atoms. The van der Waals surface area contributed by atoms with Crippen LogP contribution in [0.2, 0.25) is 0 Å². The van der Waals surface area contributed by atoms with Gasteiger partial charge in [0.1, 0.15) is 0 Å². The van der Waals surface area contributed by atoms with E-state index in [1.807, 2.05) is 36.1 Å². The van der Waals surface area contributed by atoms with Gasteiger partial charge in [0, 0.05) is 12.2 Å². The van der Waals surface area contributed by atoms with Gasteiger partial charge in [-0.25, -0.2) is 4.79 Å².